The number of aryl methyl sites for hydroxylation is 1. The van der Waals surface area contributed by atoms with Crippen molar-refractivity contribution < 1.29 is 19.8 Å². The van der Waals surface area contributed by atoms with Crippen LogP contribution in [0.15, 0.2) is 42.5 Å². The van der Waals surface area contributed by atoms with Gasteiger partial charge in [0.05, 0.1) is 5.69 Å². The van der Waals surface area contributed by atoms with E-state index < -0.39 is 11.9 Å². The van der Waals surface area contributed by atoms with Crippen molar-refractivity contribution in [1.29, 1.82) is 0 Å². The van der Waals surface area contributed by atoms with Gasteiger partial charge in [-0.2, -0.15) is 0 Å². The number of aliphatic carboxylic acids is 1. The summed E-state index contributed by atoms with van der Waals surface area (Å²) in [6, 6.07) is 12.0. The number of aromatic amines is 1. The molecule has 1 heterocycles. The number of carboxylic acids is 1. The van der Waals surface area contributed by atoms with E-state index in [-0.39, 0.29) is 17.9 Å². The van der Waals surface area contributed by atoms with Gasteiger partial charge in [0.25, 0.3) is 5.91 Å². The van der Waals surface area contributed by atoms with Crippen LogP contribution in [0.5, 0.6) is 5.75 Å². The van der Waals surface area contributed by atoms with Crippen LogP contribution in [0.1, 0.15) is 28.9 Å². The van der Waals surface area contributed by atoms with Crippen LogP contribution in [0, 0.1) is 0 Å². The number of hydrogen-bond donors (Lipinski definition) is 4. The molecule has 134 valence electrons. The number of benzene rings is 2. The van der Waals surface area contributed by atoms with Gasteiger partial charge >= 0.3 is 5.97 Å². The monoisotopic (exact) mass is 372 g/mol. The SMILES string of the molecule is O=C(O)CCCc1cccc(NC(=O)c2cc3cc(Cl)ccc3[nH]2)c1O. The Morgan fingerprint density at radius 3 is 2.73 bits per heavy atom. The number of para-hydroxylation sites is 1. The normalized spacial score (nSPS) is 10.8. The molecular formula is C19H17ClN2O4. The third kappa shape index (κ3) is 3.97. The lowest BCUT2D eigenvalue weighted by Gasteiger charge is -2.10. The second-order valence-corrected chi connectivity index (χ2v) is 6.37. The minimum absolute atomic E-state index is 0.0215. The second kappa shape index (κ2) is 7.49. The maximum absolute atomic E-state index is 12.5. The van der Waals surface area contributed by atoms with E-state index in [1.54, 1.807) is 42.5 Å². The van der Waals surface area contributed by atoms with Gasteiger partial charge < -0.3 is 20.5 Å². The number of carbonyl (C=O) groups is 2. The highest BCUT2D eigenvalue weighted by Crippen LogP contribution is 2.29. The highest BCUT2D eigenvalue weighted by molar-refractivity contribution is 6.31. The Kier molecular flexibility index (Phi) is 5.14. The van der Waals surface area contributed by atoms with Crippen LogP contribution < -0.4 is 5.32 Å². The smallest absolute Gasteiger partial charge is 0.303 e. The number of hydrogen-bond acceptors (Lipinski definition) is 3. The van der Waals surface area contributed by atoms with E-state index in [0.717, 1.165) is 10.9 Å². The van der Waals surface area contributed by atoms with E-state index >= 15 is 0 Å². The molecule has 3 aromatic rings. The number of anilines is 1. The lowest BCUT2D eigenvalue weighted by atomic mass is 10.1. The zero-order valence-corrected chi connectivity index (χ0v) is 14.5. The molecule has 1 aromatic heterocycles. The Balaban J connectivity index is 1.76. The summed E-state index contributed by atoms with van der Waals surface area (Å²) in [5, 5.41) is 23.1. The van der Waals surface area contributed by atoms with Crippen LogP contribution in [-0.4, -0.2) is 27.1 Å². The lowest BCUT2D eigenvalue weighted by molar-refractivity contribution is -0.137. The van der Waals surface area contributed by atoms with Gasteiger partial charge in [-0.1, -0.05) is 23.7 Å². The van der Waals surface area contributed by atoms with Gasteiger partial charge in [0, 0.05) is 22.3 Å². The predicted octanol–water partition coefficient (Wildman–Crippen LogP) is 4.19. The molecule has 0 aliphatic heterocycles. The fraction of sp³-hybridized carbons (Fsp3) is 0.158. The summed E-state index contributed by atoms with van der Waals surface area (Å²) < 4.78 is 0. The summed E-state index contributed by atoms with van der Waals surface area (Å²) in [5.41, 5.74) is 2.00. The van der Waals surface area contributed by atoms with E-state index in [4.69, 9.17) is 16.7 Å². The van der Waals surface area contributed by atoms with E-state index in [1.165, 1.54) is 0 Å². The van der Waals surface area contributed by atoms with Crippen molar-refractivity contribution in [2.45, 2.75) is 19.3 Å². The third-order valence-corrected chi connectivity index (χ3v) is 4.27. The number of carbonyl (C=O) groups excluding carboxylic acids is 1. The van der Waals surface area contributed by atoms with Crippen LogP contribution in [0.25, 0.3) is 10.9 Å². The van der Waals surface area contributed by atoms with Gasteiger partial charge in [0.15, 0.2) is 0 Å². The Morgan fingerprint density at radius 1 is 1.15 bits per heavy atom. The number of phenolic OH excluding ortho intramolecular Hbond substituents is 1. The summed E-state index contributed by atoms with van der Waals surface area (Å²) in [7, 11) is 0. The zero-order valence-electron chi connectivity index (χ0n) is 13.8. The molecular weight excluding hydrogens is 356 g/mol. The molecule has 0 spiro atoms. The number of aromatic hydroxyl groups is 1. The van der Waals surface area contributed by atoms with Crippen LogP contribution in [0.2, 0.25) is 5.02 Å². The molecule has 4 N–H and O–H groups in total. The standard InChI is InChI=1S/C19H17ClN2O4/c20-13-7-8-14-12(9-13)10-16(21-14)19(26)22-15-5-1-3-11(18(15)25)4-2-6-17(23)24/h1,3,5,7-10,21,25H,2,4,6H2,(H,22,26)(H,23,24). The maximum Gasteiger partial charge on any atom is 0.303 e. The van der Waals surface area contributed by atoms with Crippen molar-refractivity contribution in [3.63, 3.8) is 0 Å². The largest absolute Gasteiger partial charge is 0.505 e. The molecule has 0 fully saturated rings. The topological polar surface area (TPSA) is 102 Å². The van der Waals surface area contributed by atoms with E-state index in [9.17, 15) is 14.7 Å². The molecule has 1 amide bonds. The van der Waals surface area contributed by atoms with Crippen molar-refractivity contribution in [2.24, 2.45) is 0 Å². The molecule has 26 heavy (non-hydrogen) atoms. The highest BCUT2D eigenvalue weighted by atomic mass is 35.5. The molecule has 0 atom stereocenters. The number of carboxylic acid groups (broad SMARTS) is 1. The van der Waals surface area contributed by atoms with Gasteiger partial charge in [-0.25, -0.2) is 0 Å². The summed E-state index contributed by atoms with van der Waals surface area (Å²) >= 11 is 5.95. The first kappa shape index (κ1) is 17.8. The molecule has 0 unspecified atom stereocenters. The van der Waals surface area contributed by atoms with Gasteiger partial charge in [-0.15, -0.1) is 0 Å². The fourth-order valence-corrected chi connectivity index (χ4v) is 2.92. The number of halogens is 1. The minimum atomic E-state index is -0.882. The van der Waals surface area contributed by atoms with Crippen molar-refractivity contribution in [2.75, 3.05) is 5.32 Å². The molecule has 0 radical (unpaired) electrons. The Labute approximate surface area is 154 Å². The average molecular weight is 373 g/mol. The highest BCUT2D eigenvalue weighted by Gasteiger charge is 2.14. The van der Waals surface area contributed by atoms with Crippen molar-refractivity contribution in [3.8, 4) is 5.75 Å². The molecule has 7 heteroatoms. The summed E-state index contributed by atoms with van der Waals surface area (Å²) in [6.07, 6.45) is 0.837. The zero-order chi connectivity index (χ0) is 18.7. The van der Waals surface area contributed by atoms with Gasteiger partial charge in [0.2, 0.25) is 0 Å². The summed E-state index contributed by atoms with van der Waals surface area (Å²) in [5.74, 6) is -1.33. The van der Waals surface area contributed by atoms with Crippen LogP contribution in [0.4, 0.5) is 5.69 Å². The molecule has 0 bridgehead atoms. The first-order valence-corrected chi connectivity index (χ1v) is 8.44. The average Bonchev–Trinajstić information content (AvgIpc) is 3.01. The maximum atomic E-state index is 12.5. The van der Waals surface area contributed by atoms with Crippen molar-refractivity contribution in [1.82, 2.24) is 4.98 Å². The van der Waals surface area contributed by atoms with Gasteiger partial charge in [-0.05, 0) is 48.7 Å². The first-order chi connectivity index (χ1) is 12.4. The number of phenols is 1. The van der Waals surface area contributed by atoms with Crippen LogP contribution >= 0.6 is 11.6 Å². The van der Waals surface area contributed by atoms with Crippen LogP contribution in [-0.2, 0) is 11.2 Å². The van der Waals surface area contributed by atoms with Crippen LogP contribution in [0.3, 0.4) is 0 Å². The molecule has 0 aliphatic rings. The van der Waals surface area contributed by atoms with Crippen molar-refractivity contribution >= 4 is 40.1 Å². The molecule has 0 aliphatic carbocycles. The van der Waals surface area contributed by atoms with Crippen molar-refractivity contribution in [3.05, 3.63) is 58.7 Å². The predicted molar refractivity (Wildman–Crippen MR) is 99.9 cm³/mol. The Morgan fingerprint density at radius 2 is 1.96 bits per heavy atom. The number of nitrogens with one attached hydrogen (secondary N) is 2. The number of fused-ring (bicyclic) bond motifs is 1. The molecule has 6 nitrogen and oxygen atoms in total. The van der Waals surface area contributed by atoms with Gasteiger partial charge in [-0.3, -0.25) is 9.59 Å². The van der Waals surface area contributed by atoms with E-state index in [0.29, 0.717) is 29.1 Å². The molecule has 2 aromatic carbocycles. The number of rotatable bonds is 6. The van der Waals surface area contributed by atoms with E-state index in [2.05, 4.69) is 10.3 Å². The second-order valence-electron chi connectivity index (χ2n) is 5.93. The Hall–Kier alpha value is -2.99. The minimum Gasteiger partial charge on any atom is -0.505 e. The summed E-state index contributed by atoms with van der Waals surface area (Å²) in [6.45, 7) is 0. The Bertz CT molecular complexity index is 981. The number of amides is 1. The summed E-state index contributed by atoms with van der Waals surface area (Å²) in [4.78, 5) is 26.1. The first-order valence-electron chi connectivity index (χ1n) is 8.06. The molecule has 3 rings (SSSR count). The lowest BCUT2D eigenvalue weighted by Crippen LogP contribution is -2.12. The third-order valence-electron chi connectivity index (χ3n) is 4.03. The number of H-pyrrole nitrogens is 1. The fourth-order valence-electron chi connectivity index (χ4n) is 2.74. The number of aromatic nitrogens is 1. The molecule has 0 saturated carbocycles. The van der Waals surface area contributed by atoms with E-state index in [1.807, 2.05) is 0 Å². The quantitative estimate of drug-likeness (QED) is 0.487. The van der Waals surface area contributed by atoms with Gasteiger partial charge in [0.1, 0.15) is 11.4 Å². The molecule has 0 saturated heterocycles.